The second-order valence-corrected chi connectivity index (χ2v) is 26.1. The number of hydrogen-bond acceptors (Lipinski definition) is 16. The molecule has 0 aromatic heterocycles. The third kappa shape index (κ3) is 34.4. The minimum absolute atomic E-state index is 0.0217. The van der Waals surface area contributed by atoms with Gasteiger partial charge in [0.15, 0.2) is 23.0 Å². The van der Waals surface area contributed by atoms with Crippen molar-refractivity contribution in [1.29, 1.82) is 0 Å². The second kappa shape index (κ2) is 51.6. The van der Waals surface area contributed by atoms with E-state index in [1.807, 2.05) is 107 Å². The van der Waals surface area contributed by atoms with Gasteiger partial charge in [0, 0.05) is 43.7 Å². The van der Waals surface area contributed by atoms with Gasteiger partial charge < -0.3 is 71.5 Å². The fourth-order valence-corrected chi connectivity index (χ4v) is 10.6. The summed E-state index contributed by atoms with van der Waals surface area (Å²) in [6, 6.07) is 60.1. The Balaban J connectivity index is 0.00000122. The van der Waals surface area contributed by atoms with E-state index in [0.29, 0.717) is 34.3 Å². The molecule has 592 valence electrons. The monoisotopic (exact) mass is 1540 g/mol. The minimum Gasteiger partial charge on any atom is -0.508 e. The van der Waals surface area contributed by atoms with Gasteiger partial charge in [-0.3, -0.25) is 0 Å². The molecule has 14 N–H and O–H groups in total. The molecular weight excluding hydrogens is 1430 g/mol. The summed E-state index contributed by atoms with van der Waals surface area (Å²) in [5.74, 6) is 1.98. The van der Waals surface area contributed by atoms with Gasteiger partial charge in [-0.25, -0.2) is 0 Å². The number of phenols is 14. The van der Waals surface area contributed by atoms with E-state index >= 15 is 0 Å². The van der Waals surface area contributed by atoms with Crippen molar-refractivity contribution in [3.63, 3.8) is 0 Å². The van der Waals surface area contributed by atoms with Crippen molar-refractivity contribution in [2.45, 2.75) is 182 Å². The van der Waals surface area contributed by atoms with Gasteiger partial charge in [0.1, 0.15) is 62.9 Å². The van der Waals surface area contributed by atoms with Crippen LogP contribution in [0.4, 0.5) is 13.2 Å². The Hall–Kier alpha value is -10.6. The Morgan fingerprint density at radius 1 is 0.321 bits per heavy atom. The van der Waals surface area contributed by atoms with Crippen LogP contribution in [0.25, 0.3) is 10.8 Å². The van der Waals surface area contributed by atoms with E-state index in [1.54, 1.807) is 108 Å². The highest BCUT2D eigenvalue weighted by Gasteiger charge is 2.53. The van der Waals surface area contributed by atoms with Crippen LogP contribution >= 0.6 is 23.5 Å². The lowest BCUT2D eigenvalue weighted by Crippen LogP contribution is -2.40. The number of halogens is 3. The van der Waals surface area contributed by atoms with Crippen molar-refractivity contribution < 1.29 is 84.7 Å². The molecule has 0 saturated carbocycles. The Morgan fingerprint density at radius 3 is 0.872 bits per heavy atom. The molecule has 0 bridgehead atoms. The van der Waals surface area contributed by atoms with Gasteiger partial charge in [-0.2, -0.15) is 13.2 Å². The first kappa shape index (κ1) is 98.4. The van der Waals surface area contributed by atoms with Gasteiger partial charge in [-0.1, -0.05) is 213 Å². The predicted molar refractivity (Wildman–Crippen MR) is 445 cm³/mol. The number of phenolic OH excluding ortho intramolecular Hbond substituents is 14. The van der Waals surface area contributed by atoms with Crippen LogP contribution in [0.2, 0.25) is 0 Å². The smallest absolute Gasteiger partial charge is 0.402 e. The molecule has 0 aliphatic heterocycles. The Kier molecular flexibility index (Phi) is 46.6. The van der Waals surface area contributed by atoms with Gasteiger partial charge in [0.2, 0.25) is 0 Å². The van der Waals surface area contributed by atoms with Gasteiger partial charge in [0.05, 0.1) is 0 Å². The molecule has 109 heavy (non-hydrogen) atoms. The van der Waals surface area contributed by atoms with E-state index in [2.05, 4.69) is 77.3 Å². The summed E-state index contributed by atoms with van der Waals surface area (Å²) in [6.07, 6.45) is -0.605. The van der Waals surface area contributed by atoms with Crippen molar-refractivity contribution >= 4 is 34.3 Å². The summed E-state index contributed by atoms with van der Waals surface area (Å²) in [5, 5.41) is 129. The van der Waals surface area contributed by atoms with E-state index < -0.39 is 11.6 Å². The number of thioether (sulfide) groups is 1. The molecular formula is C90H115F3O14S2. The molecule has 11 aromatic rings. The SMILES string of the molecule is CC.CC.CC.CC.CC(C)c1ccc(O)c(O)c1.CC(C)c1ccc(O)c(O)c1.CC(c1ccc(O)cc1)(c1ccc(O)cc1)C(F)(F)F.CCc1cc(C)cc(CC)c1O.CSc1ccc(C(C)C)cc1.Oc1cc(O)cc(O)c1.Oc1ccc(Sc2ccc(O)cc2)cc1.Oc1cccc2c(O)cccc12. The normalized spacial score (nSPS) is 10.1. The molecule has 0 radical (unpaired) electrons. The van der Waals surface area contributed by atoms with Crippen molar-refractivity contribution in [1.82, 2.24) is 0 Å². The maximum absolute atomic E-state index is 13.6. The van der Waals surface area contributed by atoms with Gasteiger partial charge >= 0.3 is 6.18 Å². The average molecular weight is 1540 g/mol. The molecule has 14 nitrogen and oxygen atoms in total. The lowest BCUT2D eigenvalue weighted by molar-refractivity contribution is -0.173. The van der Waals surface area contributed by atoms with E-state index in [1.165, 1.54) is 76.7 Å². The molecule has 0 aliphatic carbocycles. The molecule has 0 heterocycles. The number of benzene rings is 11. The molecule has 0 saturated heterocycles. The molecule has 11 aromatic carbocycles. The number of aryl methyl sites for hydroxylation is 3. The fraction of sp³-hybridized carbons (Fsp3) is 0.289. The van der Waals surface area contributed by atoms with Gasteiger partial charge in [0.25, 0.3) is 0 Å². The van der Waals surface area contributed by atoms with Crippen molar-refractivity contribution in [3.8, 4) is 80.5 Å². The van der Waals surface area contributed by atoms with Crippen LogP contribution in [0.1, 0.15) is 180 Å². The number of aromatic hydroxyl groups is 14. The summed E-state index contributed by atoms with van der Waals surface area (Å²) < 4.78 is 40.7. The molecule has 0 unspecified atom stereocenters. The zero-order valence-corrected chi connectivity index (χ0v) is 67.9. The highest BCUT2D eigenvalue weighted by atomic mass is 32.2. The van der Waals surface area contributed by atoms with Crippen LogP contribution in [0, 0.1) is 6.92 Å². The molecule has 11 rings (SSSR count). The molecule has 0 aliphatic rings. The lowest BCUT2D eigenvalue weighted by atomic mass is 9.75. The summed E-state index contributed by atoms with van der Waals surface area (Å²) >= 11 is 3.37. The quantitative estimate of drug-likeness (QED) is 0.0448. The third-order valence-electron chi connectivity index (χ3n) is 15.4. The number of rotatable bonds is 10. The standard InChI is InChI=1S/C15H13F3O2.C12H10O2S.C11H16O.C10H8O2.C10H14S.2C9H12O2.C6H6O3.4C2H6/c1-14(15(16,17)18,10-2-6-12(19)7-3-10)11-4-8-13(20)9-5-11;13-9-1-5-11(6-2-9)15-12-7-3-10(14)4-8-12;1-4-9-6-8(3)7-10(5-2)11(9)12;11-9-5-1-3-7-8(9)4-2-6-10(7)12;1-8(2)9-4-6-10(11-3)7-5-9;2*1-6(2)7-3-4-8(10)9(11)5-7;7-4-1-5(8)3-6(9)2-4;4*1-2/h2-9,19-20H,1H3;1-8,13-14H;6-7,12H,4-5H2,1-3H3;1-6,11-12H;4-8H,1-3H3;2*3-6,10-11H,1-2H3;1-3,7-9H;4*1-2H3. The van der Waals surface area contributed by atoms with Gasteiger partial charge in [-0.05, 0) is 211 Å². The molecule has 0 amide bonds. The van der Waals surface area contributed by atoms with Crippen LogP contribution < -0.4 is 0 Å². The zero-order chi connectivity index (χ0) is 83.3. The Labute approximate surface area is 652 Å². The van der Waals surface area contributed by atoms with Crippen LogP contribution in [0.15, 0.2) is 239 Å². The fourth-order valence-electron chi connectivity index (χ4n) is 9.37. The molecule has 0 spiro atoms. The first-order valence-corrected chi connectivity index (χ1v) is 38.2. The average Bonchev–Trinajstić information content (AvgIpc) is 0.757. The molecule has 0 atom stereocenters. The van der Waals surface area contributed by atoms with Gasteiger partial charge in [-0.15, -0.1) is 11.8 Å². The third-order valence-corrected chi connectivity index (χ3v) is 17.2. The van der Waals surface area contributed by atoms with Crippen molar-refractivity contribution in [2.75, 3.05) is 6.26 Å². The summed E-state index contributed by atoms with van der Waals surface area (Å²) in [7, 11) is 0. The largest absolute Gasteiger partial charge is 0.508 e. The number of alkyl halides is 3. The number of hydrogen-bond donors (Lipinski definition) is 14. The van der Waals surface area contributed by atoms with E-state index in [4.69, 9.17) is 46.0 Å². The summed E-state index contributed by atoms with van der Waals surface area (Å²) in [6.45, 7) is 35.8. The Morgan fingerprint density at radius 2 is 0.606 bits per heavy atom. The lowest BCUT2D eigenvalue weighted by Gasteiger charge is -2.33. The van der Waals surface area contributed by atoms with E-state index in [0.717, 1.165) is 70.0 Å². The second-order valence-electron chi connectivity index (χ2n) is 24.0. The van der Waals surface area contributed by atoms with Crippen molar-refractivity contribution in [3.05, 3.63) is 269 Å². The number of fused-ring (bicyclic) bond motifs is 1. The zero-order valence-electron chi connectivity index (χ0n) is 66.2. The summed E-state index contributed by atoms with van der Waals surface area (Å²) in [5.41, 5.74) is 4.67. The molecule has 0 fully saturated rings. The minimum atomic E-state index is -4.51. The van der Waals surface area contributed by atoms with Crippen LogP contribution in [0.5, 0.6) is 80.5 Å². The molecule has 19 heteroatoms. The van der Waals surface area contributed by atoms with E-state index in [9.17, 15) is 38.7 Å². The maximum atomic E-state index is 13.6. The topological polar surface area (TPSA) is 283 Å². The first-order chi connectivity index (χ1) is 51.6. The van der Waals surface area contributed by atoms with Crippen LogP contribution in [0.3, 0.4) is 0 Å². The van der Waals surface area contributed by atoms with E-state index in [-0.39, 0.29) is 85.9 Å². The van der Waals surface area contributed by atoms with Crippen molar-refractivity contribution in [2.24, 2.45) is 0 Å². The predicted octanol–water partition coefficient (Wildman–Crippen LogP) is 25.2. The van der Waals surface area contributed by atoms with Crippen LogP contribution in [-0.2, 0) is 18.3 Å². The maximum Gasteiger partial charge on any atom is 0.402 e. The highest BCUT2D eigenvalue weighted by Crippen LogP contribution is 2.47. The highest BCUT2D eigenvalue weighted by molar-refractivity contribution is 7.99. The summed E-state index contributed by atoms with van der Waals surface area (Å²) in [4.78, 5) is 3.45. The Bertz CT molecular complexity index is 4040. The van der Waals surface area contributed by atoms with Crippen LogP contribution in [-0.4, -0.2) is 83.9 Å². The first-order valence-electron chi connectivity index (χ1n) is 36.1.